The lowest BCUT2D eigenvalue weighted by Gasteiger charge is -2.32. The van der Waals surface area contributed by atoms with Gasteiger partial charge in [-0.3, -0.25) is 0 Å². The normalized spacial score (nSPS) is 22.5. The van der Waals surface area contributed by atoms with Crippen LogP contribution in [0, 0.1) is 11.3 Å². The van der Waals surface area contributed by atoms with Crippen LogP contribution in [-0.4, -0.2) is 30.6 Å². The molecule has 5 heteroatoms. The molecule has 0 amide bonds. The molecule has 1 N–H and O–H groups in total. The zero-order valence-electron chi connectivity index (χ0n) is 20.9. The maximum absolute atomic E-state index is 12.7. The van der Waals surface area contributed by atoms with Crippen LogP contribution in [0.3, 0.4) is 0 Å². The first kappa shape index (κ1) is 25.4. The summed E-state index contributed by atoms with van der Waals surface area (Å²) in [7, 11) is 0. The number of rotatable bonds is 10. The van der Waals surface area contributed by atoms with Gasteiger partial charge in [0.25, 0.3) is 0 Å². The predicted molar refractivity (Wildman–Crippen MR) is 131 cm³/mol. The summed E-state index contributed by atoms with van der Waals surface area (Å²) >= 11 is 0. The van der Waals surface area contributed by atoms with Gasteiger partial charge in [0.1, 0.15) is 18.1 Å². The lowest BCUT2D eigenvalue weighted by Crippen LogP contribution is -2.28. The molecule has 1 fully saturated rings. The van der Waals surface area contributed by atoms with Crippen molar-refractivity contribution in [2.75, 3.05) is 13.2 Å². The number of carbonyl (C=O) groups excluding carboxylic acids is 1. The molecule has 0 radical (unpaired) electrons. The molecule has 0 spiro atoms. The monoisotopic (exact) mass is 456 g/mol. The number of unbranched alkanes of at least 4 members (excludes halogenated alkanes) is 2. The van der Waals surface area contributed by atoms with Crippen molar-refractivity contribution in [2.45, 2.75) is 85.2 Å². The number of allylic oxidation sites excluding steroid dienone is 3. The van der Waals surface area contributed by atoms with Crippen molar-refractivity contribution in [2.24, 2.45) is 11.3 Å². The largest absolute Gasteiger partial charge is 0.513 e. The van der Waals surface area contributed by atoms with Crippen LogP contribution in [0.15, 0.2) is 35.9 Å². The predicted octanol–water partition coefficient (Wildman–Crippen LogP) is 7.08. The Morgan fingerprint density at radius 3 is 2.67 bits per heavy atom. The second kappa shape index (κ2) is 10.8. The topological polar surface area (TPSA) is 68.3 Å². The van der Waals surface area contributed by atoms with E-state index in [9.17, 15) is 9.90 Å². The maximum Gasteiger partial charge on any atom is 0.513 e. The third-order valence-electron chi connectivity index (χ3n) is 6.92. The van der Waals surface area contributed by atoms with Crippen LogP contribution in [0.5, 0.6) is 11.5 Å². The summed E-state index contributed by atoms with van der Waals surface area (Å²) in [6, 6.07) is 3.72. The number of carbonyl (C=O) groups is 1. The molecule has 33 heavy (non-hydrogen) atoms. The van der Waals surface area contributed by atoms with Gasteiger partial charge in [0.15, 0.2) is 0 Å². The van der Waals surface area contributed by atoms with E-state index in [1.54, 1.807) is 0 Å². The highest BCUT2D eigenvalue weighted by Gasteiger charge is 2.41. The van der Waals surface area contributed by atoms with E-state index in [1.165, 1.54) is 5.57 Å². The highest BCUT2D eigenvalue weighted by molar-refractivity contribution is 5.66. The first-order valence-corrected chi connectivity index (χ1v) is 12.3. The average Bonchev–Trinajstić information content (AvgIpc) is 3.58. The number of phenolic OH excluding ortho intramolecular Hbond substituents is 1. The number of aryl methyl sites for hydroxylation is 1. The molecule has 1 aromatic carbocycles. The first-order chi connectivity index (χ1) is 15.6. The molecule has 182 valence electrons. The molecule has 1 aromatic rings. The van der Waals surface area contributed by atoms with E-state index in [2.05, 4.69) is 26.5 Å². The summed E-state index contributed by atoms with van der Waals surface area (Å²) in [5, 5.41) is 11.1. The fourth-order valence-electron chi connectivity index (χ4n) is 4.67. The van der Waals surface area contributed by atoms with Gasteiger partial charge in [0, 0.05) is 16.9 Å². The van der Waals surface area contributed by atoms with E-state index >= 15 is 0 Å². The van der Waals surface area contributed by atoms with Crippen molar-refractivity contribution >= 4 is 6.16 Å². The fourth-order valence-corrected chi connectivity index (χ4v) is 4.67. The number of hydrogen-bond acceptors (Lipinski definition) is 5. The number of phenols is 1. The van der Waals surface area contributed by atoms with Gasteiger partial charge in [-0.1, -0.05) is 57.4 Å². The third kappa shape index (κ3) is 6.63. The summed E-state index contributed by atoms with van der Waals surface area (Å²) < 4.78 is 16.6. The molecule has 1 saturated heterocycles. The van der Waals surface area contributed by atoms with Gasteiger partial charge in [-0.2, -0.15) is 0 Å². The van der Waals surface area contributed by atoms with Gasteiger partial charge in [0.05, 0.1) is 12.7 Å². The van der Waals surface area contributed by atoms with Crippen molar-refractivity contribution in [3.63, 3.8) is 0 Å². The Labute approximate surface area is 198 Å². The molecule has 0 aromatic heterocycles. The minimum absolute atomic E-state index is 0.0972. The summed E-state index contributed by atoms with van der Waals surface area (Å²) in [5.41, 5.74) is 3.67. The molecule has 5 nitrogen and oxygen atoms in total. The van der Waals surface area contributed by atoms with Crippen LogP contribution in [0.4, 0.5) is 4.79 Å². The molecule has 2 aliphatic rings. The summed E-state index contributed by atoms with van der Waals surface area (Å²) in [5.74, 6) is 0.629. The Bertz CT molecular complexity index is 894. The molecular formula is C28H40O5. The van der Waals surface area contributed by atoms with Gasteiger partial charge in [-0.05, 0) is 63.1 Å². The molecular weight excluding hydrogens is 416 g/mol. The van der Waals surface area contributed by atoms with Crippen molar-refractivity contribution in [1.82, 2.24) is 0 Å². The van der Waals surface area contributed by atoms with E-state index in [0.717, 1.165) is 49.7 Å². The van der Waals surface area contributed by atoms with Gasteiger partial charge in [-0.25, -0.2) is 4.79 Å². The van der Waals surface area contributed by atoms with Gasteiger partial charge >= 0.3 is 6.16 Å². The van der Waals surface area contributed by atoms with E-state index < -0.39 is 6.16 Å². The molecule has 0 bridgehead atoms. The van der Waals surface area contributed by atoms with E-state index in [0.29, 0.717) is 17.9 Å². The highest BCUT2D eigenvalue weighted by Crippen LogP contribution is 2.47. The van der Waals surface area contributed by atoms with Crippen LogP contribution in [0.25, 0.3) is 0 Å². The van der Waals surface area contributed by atoms with Crippen LogP contribution in [0.2, 0.25) is 0 Å². The van der Waals surface area contributed by atoms with Crippen molar-refractivity contribution < 1.29 is 24.1 Å². The Balaban J connectivity index is 1.89. The average molecular weight is 457 g/mol. The van der Waals surface area contributed by atoms with E-state index in [4.69, 9.17) is 14.2 Å². The molecule has 1 unspecified atom stereocenters. The minimum atomic E-state index is -0.751. The van der Waals surface area contributed by atoms with E-state index in [1.807, 2.05) is 32.9 Å². The zero-order valence-corrected chi connectivity index (χ0v) is 20.9. The molecule has 3 atom stereocenters. The van der Waals surface area contributed by atoms with Gasteiger partial charge < -0.3 is 19.3 Å². The van der Waals surface area contributed by atoms with Crippen molar-refractivity contribution in [3.05, 3.63) is 47.1 Å². The Kier molecular flexibility index (Phi) is 8.28. The van der Waals surface area contributed by atoms with Gasteiger partial charge in [0.2, 0.25) is 0 Å². The second-order valence-corrected chi connectivity index (χ2v) is 10.5. The molecule has 3 rings (SSSR count). The lowest BCUT2D eigenvalue weighted by molar-refractivity contribution is 0.0522. The number of epoxide rings is 1. The van der Waals surface area contributed by atoms with Gasteiger partial charge in [-0.15, -0.1) is 0 Å². The first-order valence-electron chi connectivity index (χ1n) is 12.3. The molecule has 1 aliphatic heterocycles. The Hall–Kier alpha value is -2.27. The van der Waals surface area contributed by atoms with E-state index in [-0.39, 0.29) is 35.7 Å². The van der Waals surface area contributed by atoms with Crippen molar-refractivity contribution in [3.8, 4) is 11.5 Å². The number of benzene rings is 1. The quantitative estimate of drug-likeness (QED) is 0.134. The molecule has 1 heterocycles. The SMILES string of the molecule is C=C(C)[C@@H]1CCC(C)=C[C@H]1c1c(O)cc(CCCCC)cc1OC(=O)OCC(C)(C)C1CO1. The summed E-state index contributed by atoms with van der Waals surface area (Å²) in [6.07, 6.45) is 7.57. The van der Waals surface area contributed by atoms with Crippen LogP contribution in [0.1, 0.15) is 83.8 Å². The molecule has 1 aliphatic carbocycles. The van der Waals surface area contributed by atoms with Crippen LogP contribution >= 0.6 is 0 Å². The van der Waals surface area contributed by atoms with Crippen molar-refractivity contribution in [1.29, 1.82) is 0 Å². The minimum Gasteiger partial charge on any atom is -0.507 e. The highest BCUT2D eigenvalue weighted by atomic mass is 16.7. The summed E-state index contributed by atoms with van der Waals surface area (Å²) in [6.45, 7) is 15.4. The van der Waals surface area contributed by atoms with Crippen LogP contribution in [-0.2, 0) is 15.9 Å². The molecule has 0 saturated carbocycles. The zero-order chi connectivity index (χ0) is 24.2. The second-order valence-electron chi connectivity index (χ2n) is 10.5. The lowest BCUT2D eigenvalue weighted by atomic mass is 9.73. The smallest absolute Gasteiger partial charge is 0.507 e. The fraction of sp³-hybridized carbons (Fsp3) is 0.607. The maximum atomic E-state index is 12.7. The van der Waals surface area contributed by atoms with Crippen LogP contribution < -0.4 is 4.74 Å². The summed E-state index contributed by atoms with van der Waals surface area (Å²) in [4.78, 5) is 12.7. The standard InChI is InChI=1S/C28H40O5/c1-7-8-9-10-20-14-23(29)26(22-13-19(4)11-12-21(22)18(2)3)24(15-20)33-27(30)32-17-28(5,6)25-16-31-25/h13-15,21-22,25,29H,2,7-12,16-17H2,1,3-6H3/t21-,22+,25?/m0/s1. The number of hydrogen-bond donors (Lipinski definition) is 1. The Morgan fingerprint density at radius 1 is 1.30 bits per heavy atom. The Morgan fingerprint density at radius 2 is 2.03 bits per heavy atom. The number of ether oxygens (including phenoxy) is 3. The number of aromatic hydroxyl groups is 1. The third-order valence-corrected chi connectivity index (χ3v) is 6.92.